The lowest BCUT2D eigenvalue weighted by atomic mass is 9.89. The minimum Gasteiger partial charge on any atom is -0.493 e. The van der Waals surface area contributed by atoms with Gasteiger partial charge in [0.2, 0.25) is 5.91 Å². The first-order valence-electron chi connectivity index (χ1n) is 13.3. The first-order chi connectivity index (χ1) is 18.4. The molecule has 2 heterocycles. The topological polar surface area (TPSA) is 61.9 Å². The Hall–Kier alpha value is -3.35. The average Bonchev–Trinajstić information content (AvgIpc) is 2.93. The van der Waals surface area contributed by atoms with Crippen LogP contribution in [0.5, 0.6) is 5.75 Å². The standard InChI is InChI=1S/C31H34ClN3O3/c1-21-19-30(35(22(2)36)26-11-9-25(32)10-12-26)28-5-3-4-6-29(28)34(21)31(37)24-7-13-27(14-8-24)38-20-23-15-17-33-18-16-23/h3-14,21,23,30,33H,15-20H2,1-2H3. The molecule has 198 valence electrons. The van der Waals surface area contributed by atoms with E-state index in [4.69, 9.17) is 16.3 Å². The largest absolute Gasteiger partial charge is 0.493 e. The number of piperidine rings is 1. The summed E-state index contributed by atoms with van der Waals surface area (Å²) in [5.74, 6) is 1.24. The maximum absolute atomic E-state index is 13.8. The molecule has 2 unspecified atom stereocenters. The van der Waals surface area contributed by atoms with Gasteiger partial charge in [-0.15, -0.1) is 0 Å². The van der Waals surface area contributed by atoms with Gasteiger partial charge in [-0.05, 0) is 105 Å². The monoisotopic (exact) mass is 531 g/mol. The molecule has 0 radical (unpaired) electrons. The van der Waals surface area contributed by atoms with Crippen LogP contribution in [0.3, 0.4) is 0 Å². The quantitative estimate of drug-likeness (QED) is 0.408. The summed E-state index contributed by atoms with van der Waals surface area (Å²) in [4.78, 5) is 30.3. The van der Waals surface area contributed by atoms with Crippen LogP contribution in [0.1, 0.15) is 55.1 Å². The van der Waals surface area contributed by atoms with Crippen LogP contribution in [-0.4, -0.2) is 37.6 Å². The number of hydrogen-bond acceptors (Lipinski definition) is 4. The van der Waals surface area contributed by atoms with Crippen molar-refractivity contribution in [2.24, 2.45) is 5.92 Å². The summed E-state index contributed by atoms with van der Waals surface area (Å²) < 4.78 is 6.02. The van der Waals surface area contributed by atoms with Crippen molar-refractivity contribution in [1.29, 1.82) is 0 Å². The van der Waals surface area contributed by atoms with E-state index in [9.17, 15) is 9.59 Å². The smallest absolute Gasteiger partial charge is 0.258 e. The summed E-state index contributed by atoms with van der Waals surface area (Å²) in [6.45, 7) is 6.41. The molecule has 1 saturated heterocycles. The van der Waals surface area contributed by atoms with Gasteiger partial charge in [-0.1, -0.05) is 29.8 Å². The van der Waals surface area contributed by atoms with Crippen LogP contribution in [0.15, 0.2) is 72.8 Å². The molecule has 0 aliphatic carbocycles. The van der Waals surface area contributed by atoms with Crippen molar-refractivity contribution in [3.05, 3.63) is 88.9 Å². The lowest BCUT2D eigenvalue weighted by Gasteiger charge is -2.43. The molecule has 2 aliphatic rings. The summed E-state index contributed by atoms with van der Waals surface area (Å²) in [7, 11) is 0. The predicted molar refractivity (Wildman–Crippen MR) is 152 cm³/mol. The molecule has 5 rings (SSSR count). The Morgan fingerprint density at radius 2 is 1.68 bits per heavy atom. The molecule has 2 amide bonds. The second-order valence-electron chi connectivity index (χ2n) is 10.2. The van der Waals surface area contributed by atoms with Crippen molar-refractivity contribution in [2.75, 3.05) is 29.5 Å². The third-order valence-corrected chi connectivity index (χ3v) is 7.83. The highest BCUT2D eigenvalue weighted by Crippen LogP contribution is 2.43. The molecule has 1 N–H and O–H groups in total. The van der Waals surface area contributed by atoms with Gasteiger partial charge in [-0.25, -0.2) is 0 Å². The number of carbonyl (C=O) groups is 2. The van der Waals surface area contributed by atoms with Crippen LogP contribution in [0, 0.1) is 5.92 Å². The minimum atomic E-state index is -0.199. The third-order valence-electron chi connectivity index (χ3n) is 7.58. The normalized spacial score (nSPS) is 19.5. The molecular formula is C31H34ClN3O3. The van der Waals surface area contributed by atoms with E-state index < -0.39 is 0 Å². The van der Waals surface area contributed by atoms with Crippen molar-refractivity contribution in [1.82, 2.24) is 5.32 Å². The molecule has 6 nitrogen and oxygen atoms in total. The highest BCUT2D eigenvalue weighted by molar-refractivity contribution is 6.30. The number of rotatable bonds is 6. The van der Waals surface area contributed by atoms with Crippen LogP contribution in [-0.2, 0) is 4.79 Å². The third kappa shape index (κ3) is 5.57. The number of ether oxygens (including phenoxy) is 1. The van der Waals surface area contributed by atoms with Crippen LogP contribution < -0.4 is 19.9 Å². The van der Waals surface area contributed by atoms with Crippen LogP contribution in [0.2, 0.25) is 5.02 Å². The molecule has 2 aliphatic heterocycles. The van der Waals surface area contributed by atoms with Gasteiger partial charge in [0.1, 0.15) is 5.75 Å². The van der Waals surface area contributed by atoms with Gasteiger partial charge in [-0.3, -0.25) is 9.59 Å². The zero-order valence-electron chi connectivity index (χ0n) is 21.9. The molecule has 2 atom stereocenters. The van der Waals surface area contributed by atoms with Gasteiger partial charge < -0.3 is 19.9 Å². The van der Waals surface area contributed by atoms with E-state index >= 15 is 0 Å². The van der Waals surface area contributed by atoms with Crippen molar-refractivity contribution in [3.8, 4) is 5.75 Å². The van der Waals surface area contributed by atoms with Crippen molar-refractivity contribution < 1.29 is 14.3 Å². The molecular weight excluding hydrogens is 498 g/mol. The number of nitrogens with one attached hydrogen (secondary N) is 1. The Morgan fingerprint density at radius 1 is 1.00 bits per heavy atom. The fourth-order valence-electron chi connectivity index (χ4n) is 5.61. The van der Waals surface area contributed by atoms with E-state index in [0.29, 0.717) is 29.5 Å². The second kappa shape index (κ2) is 11.6. The van der Waals surface area contributed by atoms with Gasteiger partial charge >= 0.3 is 0 Å². The zero-order chi connectivity index (χ0) is 26.6. The molecule has 0 saturated carbocycles. The van der Waals surface area contributed by atoms with E-state index in [-0.39, 0.29) is 23.9 Å². The van der Waals surface area contributed by atoms with Crippen LogP contribution in [0.4, 0.5) is 11.4 Å². The SMILES string of the molecule is CC(=O)N(c1ccc(Cl)cc1)C1CC(C)N(C(=O)c2ccc(OCC3CCNCC3)cc2)c2ccccc21. The number of hydrogen-bond donors (Lipinski definition) is 1. The first-order valence-corrected chi connectivity index (χ1v) is 13.7. The second-order valence-corrected chi connectivity index (χ2v) is 10.7. The number of benzene rings is 3. The van der Waals surface area contributed by atoms with Gasteiger partial charge in [0.15, 0.2) is 0 Å². The summed E-state index contributed by atoms with van der Waals surface area (Å²) in [6.07, 6.45) is 2.87. The molecule has 7 heteroatoms. The summed E-state index contributed by atoms with van der Waals surface area (Å²) in [6, 6.07) is 22.3. The molecule has 0 aromatic heterocycles. The summed E-state index contributed by atoms with van der Waals surface area (Å²) in [5.41, 5.74) is 3.17. The maximum atomic E-state index is 13.8. The lowest BCUT2D eigenvalue weighted by Crippen LogP contribution is -2.47. The van der Waals surface area contributed by atoms with Crippen LogP contribution in [0.25, 0.3) is 0 Å². The molecule has 3 aromatic carbocycles. The van der Waals surface area contributed by atoms with E-state index in [0.717, 1.165) is 48.6 Å². The van der Waals surface area contributed by atoms with Crippen molar-refractivity contribution in [2.45, 2.75) is 45.2 Å². The molecule has 38 heavy (non-hydrogen) atoms. The van der Waals surface area contributed by atoms with Gasteiger partial charge in [0.05, 0.1) is 12.6 Å². The maximum Gasteiger partial charge on any atom is 0.258 e. The average molecular weight is 532 g/mol. The number of fused-ring (bicyclic) bond motifs is 1. The zero-order valence-corrected chi connectivity index (χ0v) is 22.7. The van der Waals surface area contributed by atoms with Crippen LogP contribution >= 0.6 is 11.6 Å². The predicted octanol–water partition coefficient (Wildman–Crippen LogP) is 6.25. The van der Waals surface area contributed by atoms with E-state index in [1.807, 2.05) is 77.4 Å². The molecule has 0 spiro atoms. The number of anilines is 2. The minimum absolute atomic E-state index is 0.0563. The number of para-hydroxylation sites is 1. The molecule has 0 bridgehead atoms. The van der Waals surface area contributed by atoms with E-state index in [2.05, 4.69) is 5.32 Å². The lowest BCUT2D eigenvalue weighted by molar-refractivity contribution is -0.117. The Morgan fingerprint density at radius 3 is 2.37 bits per heavy atom. The number of carbonyl (C=O) groups excluding carboxylic acids is 2. The Kier molecular flexibility index (Phi) is 8.01. The molecule has 1 fully saturated rings. The Bertz CT molecular complexity index is 1270. The Labute approximate surface area is 229 Å². The first kappa shape index (κ1) is 26.3. The molecule has 3 aromatic rings. The van der Waals surface area contributed by atoms with E-state index in [1.54, 1.807) is 19.1 Å². The van der Waals surface area contributed by atoms with Crippen molar-refractivity contribution in [3.63, 3.8) is 0 Å². The Balaban J connectivity index is 1.37. The van der Waals surface area contributed by atoms with Gasteiger partial charge in [-0.2, -0.15) is 0 Å². The summed E-state index contributed by atoms with van der Waals surface area (Å²) in [5, 5.41) is 4.00. The van der Waals surface area contributed by atoms with E-state index in [1.165, 1.54) is 0 Å². The highest BCUT2D eigenvalue weighted by Gasteiger charge is 2.38. The number of halogens is 1. The highest BCUT2D eigenvalue weighted by atomic mass is 35.5. The fraction of sp³-hybridized carbons (Fsp3) is 0.355. The fourth-order valence-corrected chi connectivity index (χ4v) is 5.74. The number of nitrogens with zero attached hydrogens (tertiary/aromatic N) is 2. The van der Waals surface area contributed by atoms with Crippen molar-refractivity contribution >= 4 is 34.8 Å². The van der Waals surface area contributed by atoms with Gasteiger partial charge in [0.25, 0.3) is 5.91 Å². The number of amides is 2. The summed E-state index contributed by atoms with van der Waals surface area (Å²) >= 11 is 6.10. The van der Waals surface area contributed by atoms with Gasteiger partial charge in [0, 0.05) is 34.9 Å².